The molecule has 0 aliphatic rings. The largest absolute Gasteiger partial charge is 0.497 e. The molecule has 1 aromatic carbocycles. The molecule has 96 valence electrons. The van der Waals surface area contributed by atoms with Crippen molar-refractivity contribution in [1.82, 2.24) is 4.90 Å². The molecule has 1 amide bonds. The second-order valence-electron chi connectivity index (χ2n) is 3.71. The third-order valence-corrected chi connectivity index (χ3v) is 2.32. The summed E-state index contributed by atoms with van der Waals surface area (Å²) in [6.07, 6.45) is 1.86. The number of carboxylic acids is 1. The maximum atomic E-state index is 11.5. The zero-order chi connectivity index (χ0) is 13.5. The summed E-state index contributed by atoms with van der Waals surface area (Å²) in [6, 6.07) is 7.31. The van der Waals surface area contributed by atoms with E-state index in [9.17, 15) is 9.59 Å². The molecule has 18 heavy (non-hydrogen) atoms. The van der Waals surface area contributed by atoms with Crippen LogP contribution in [0.4, 0.5) is 0 Å². The molecule has 0 saturated heterocycles. The lowest BCUT2D eigenvalue weighted by atomic mass is 10.2. The van der Waals surface area contributed by atoms with E-state index in [-0.39, 0.29) is 5.91 Å². The number of carboxylic acid groups (broad SMARTS) is 1. The molecular formula is C13H15NO4. The molecule has 0 heterocycles. The first kappa shape index (κ1) is 13.8. The van der Waals surface area contributed by atoms with Crippen molar-refractivity contribution in [2.24, 2.45) is 0 Å². The van der Waals surface area contributed by atoms with Gasteiger partial charge in [0.25, 0.3) is 0 Å². The molecule has 5 nitrogen and oxygen atoms in total. The van der Waals surface area contributed by atoms with Gasteiger partial charge in [-0.05, 0) is 17.7 Å². The van der Waals surface area contributed by atoms with E-state index in [1.807, 2.05) is 12.1 Å². The Bertz CT molecular complexity index is 451. The van der Waals surface area contributed by atoms with Crippen LogP contribution in [0.15, 0.2) is 36.4 Å². The van der Waals surface area contributed by atoms with E-state index in [1.54, 1.807) is 26.3 Å². The van der Waals surface area contributed by atoms with E-state index in [2.05, 4.69) is 0 Å². The number of rotatable bonds is 5. The molecule has 0 aromatic heterocycles. The smallest absolute Gasteiger partial charge is 0.328 e. The number of hydrogen-bond acceptors (Lipinski definition) is 3. The van der Waals surface area contributed by atoms with Crippen LogP contribution >= 0.6 is 0 Å². The minimum atomic E-state index is -1.14. The molecular weight excluding hydrogens is 234 g/mol. The Morgan fingerprint density at radius 2 is 1.89 bits per heavy atom. The van der Waals surface area contributed by atoms with Crippen LogP contribution in [0.3, 0.4) is 0 Å². The van der Waals surface area contributed by atoms with Crippen LogP contribution in [-0.2, 0) is 16.1 Å². The number of carbonyl (C=O) groups excluding carboxylic acids is 1. The number of nitrogens with zero attached hydrogens (tertiary/aromatic N) is 1. The molecule has 0 aliphatic heterocycles. The van der Waals surface area contributed by atoms with Crippen LogP contribution < -0.4 is 4.74 Å². The lowest BCUT2D eigenvalue weighted by Gasteiger charge is -2.15. The molecule has 0 bridgehead atoms. The van der Waals surface area contributed by atoms with Crippen LogP contribution in [0, 0.1) is 0 Å². The Kier molecular flexibility index (Phi) is 4.92. The van der Waals surface area contributed by atoms with E-state index in [0.29, 0.717) is 6.54 Å². The van der Waals surface area contributed by atoms with Gasteiger partial charge in [-0.2, -0.15) is 0 Å². The fourth-order valence-electron chi connectivity index (χ4n) is 1.35. The molecule has 5 heteroatoms. The fourth-order valence-corrected chi connectivity index (χ4v) is 1.35. The van der Waals surface area contributed by atoms with Gasteiger partial charge in [0.2, 0.25) is 5.91 Å². The average molecular weight is 249 g/mol. The predicted octanol–water partition coefficient (Wildman–Crippen LogP) is 1.29. The van der Waals surface area contributed by atoms with Gasteiger partial charge < -0.3 is 14.7 Å². The summed E-state index contributed by atoms with van der Waals surface area (Å²) in [5.41, 5.74) is 0.940. The molecule has 1 aromatic rings. The molecule has 0 atom stereocenters. The number of aliphatic carboxylic acids is 1. The lowest BCUT2D eigenvalue weighted by molar-refractivity contribution is -0.132. The van der Waals surface area contributed by atoms with Gasteiger partial charge in [0.15, 0.2) is 0 Å². The molecule has 1 rings (SSSR count). The van der Waals surface area contributed by atoms with Gasteiger partial charge in [-0.3, -0.25) is 4.79 Å². The van der Waals surface area contributed by atoms with Crippen molar-refractivity contribution in [3.8, 4) is 5.75 Å². The van der Waals surface area contributed by atoms with Gasteiger partial charge in [-0.25, -0.2) is 4.79 Å². The summed E-state index contributed by atoms with van der Waals surface area (Å²) in [4.78, 5) is 23.2. The van der Waals surface area contributed by atoms with Crippen molar-refractivity contribution in [2.45, 2.75) is 6.54 Å². The Morgan fingerprint density at radius 3 is 2.39 bits per heavy atom. The second-order valence-corrected chi connectivity index (χ2v) is 3.71. The molecule has 0 radical (unpaired) electrons. The van der Waals surface area contributed by atoms with Crippen LogP contribution in [-0.4, -0.2) is 36.0 Å². The standard InChI is InChI=1S/C13H15NO4/c1-14(12(15)7-8-13(16)17)9-10-3-5-11(18-2)6-4-10/h3-8H,9H2,1-2H3,(H,16,17)/b8-7+. The number of methoxy groups -OCH3 is 1. The van der Waals surface area contributed by atoms with Crippen LogP contribution in [0.2, 0.25) is 0 Å². The summed E-state index contributed by atoms with van der Waals surface area (Å²) >= 11 is 0. The first-order valence-electron chi connectivity index (χ1n) is 5.32. The van der Waals surface area contributed by atoms with Gasteiger partial charge in [0.1, 0.15) is 5.75 Å². The highest BCUT2D eigenvalue weighted by molar-refractivity contribution is 5.93. The number of hydrogen-bond donors (Lipinski definition) is 1. The van der Waals surface area contributed by atoms with E-state index >= 15 is 0 Å². The summed E-state index contributed by atoms with van der Waals surface area (Å²) in [5.74, 6) is -0.743. The number of amides is 1. The van der Waals surface area contributed by atoms with Gasteiger partial charge in [0.05, 0.1) is 7.11 Å². The summed E-state index contributed by atoms with van der Waals surface area (Å²) in [7, 11) is 3.19. The molecule has 0 fully saturated rings. The van der Waals surface area contributed by atoms with Crippen LogP contribution in [0.5, 0.6) is 5.75 Å². The molecule has 0 spiro atoms. The van der Waals surface area contributed by atoms with E-state index in [1.165, 1.54) is 4.90 Å². The van der Waals surface area contributed by atoms with Gasteiger partial charge in [-0.15, -0.1) is 0 Å². The van der Waals surface area contributed by atoms with Crippen molar-refractivity contribution >= 4 is 11.9 Å². The minimum Gasteiger partial charge on any atom is -0.497 e. The Hall–Kier alpha value is -2.30. The highest BCUT2D eigenvalue weighted by Gasteiger charge is 2.06. The lowest BCUT2D eigenvalue weighted by Crippen LogP contribution is -2.24. The Labute approximate surface area is 105 Å². The van der Waals surface area contributed by atoms with Crippen molar-refractivity contribution in [3.05, 3.63) is 42.0 Å². The van der Waals surface area contributed by atoms with Crippen molar-refractivity contribution < 1.29 is 19.4 Å². The number of ether oxygens (including phenoxy) is 1. The highest BCUT2D eigenvalue weighted by Crippen LogP contribution is 2.12. The summed E-state index contributed by atoms with van der Waals surface area (Å²) in [6.45, 7) is 0.410. The minimum absolute atomic E-state index is 0.354. The van der Waals surface area contributed by atoms with E-state index < -0.39 is 5.97 Å². The summed E-state index contributed by atoms with van der Waals surface area (Å²) in [5, 5.41) is 8.42. The Morgan fingerprint density at radius 1 is 1.28 bits per heavy atom. The second kappa shape index (κ2) is 6.44. The van der Waals surface area contributed by atoms with E-state index in [0.717, 1.165) is 23.5 Å². The third-order valence-electron chi connectivity index (χ3n) is 2.32. The zero-order valence-corrected chi connectivity index (χ0v) is 10.3. The Balaban J connectivity index is 2.60. The fraction of sp³-hybridized carbons (Fsp3) is 0.231. The van der Waals surface area contributed by atoms with Crippen molar-refractivity contribution in [1.29, 1.82) is 0 Å². The van der Waals surface area contributed by atoms with Crippen molar-refractivity contribution in [2.75, 3.05) is 14.2 Å². The number of benzene rings is 1. The molecule has 1 N–H and O–H groups in total. The molecule has 0 unspecified atom stereocenters. The van der Waals surface area contributed by atoms with Gasteiger partial charge in [-0.1, -0.05) is 12.1 Å². The maximum Gasteiger partial charge on any atom is 0.328 e. The monoisotopic (exact) mass is 249 g/mol. The SMILES string of the molecule is COc1ccc(CN(C)C(=O)/C=C/C(=O)O)cc1. The number of likely N-dealkylation sites (N-methyl/N-ethyl adjacent to an activating group) is 1. The van der Waals surface area contributed by atoms with Crippen LogP contribution in [0.1, 0.15) is 5.56 Å². The van der Waals surface area contributed by atoms with E-state index in [4.69, 9.17) is 9.84 Å². The third kappa shape index (κ3) is 4.29. The predicted molar refractivity (Wildman–Crippen MR) is 66.2 cm³/mol. The molecule has 0 saturated carbocycles. The highest BCUT2D eigenvalue weighted by atomic mass is 16.5. The van der Waals surface area contributed by atoms with Crippen LogP contribution in [0.25, 0.3) is 0 Å². The normalized spacial score (nSPS) is 10.3. The van der Waals surface area contributed by atoms with Gasteiger partial charge >= 0.3 is 5.97 Å². The maximum absolute atomic E-state index is 11.5. The number of carbonyl (C=O) groups is 2. The topological polar surface area (TPSA) is 66.8 Å². The first-order chi connectivity index (χ1) is 8.52. The average Bonchev–Trinajstić information content (AvgIpc) is 2.36. The summed E-state index contributed by atoms with van der Waals surface area (Å²) < 4.78 is 5.03. The molecule has 0 aliphatic carbocycles. The quantitative estimate of drug-likeness (QED) is 0.799. The zero-order valence-electron chi connectivity index (χ0n) is 10.3. The van der Waals surface area contributed by atoms with Crippen molar-refractivity contribution in [3.63, 3.8) is 0 Å². The first-order valence-corrected chi connectivity index (χ1v) is 5.32. The van der Waals surface area contributed by atoms with Gasteiger partial charge in [0, 0.05) is 25.7 Å².